The Morgan fingerprint density at radius 3 is 2.59 bits per heavy atom. The lowest BCUT2D eigenvalue weighted by atomic mass is 10.1. The molecule has 0 atom stereocenters. The van der Waals surface area contributed by atoms with Crippen molar-refractivity contribution in [2.75, 3.05) is 5.75 Å². The summed E-state index contributed by atoms with van der Waals surface area (Å²) < 4.78 is 2.15. The van der Waals surface area contributed by atoms with Crippen LogP contribution in [0, 0.1) is 5.92 Å². The minimum atomic E-state index is -0.460. The highest BCUT2D eigenvalue weighted by molar-refractivity contribution is 7.99. The van der Waals surface area contributed by atoms with Gasteiger partial charge in [-0.25, -0.2) is 4.98 Å². The fourth-order valence-electron chi connectivity index (χ4n) is 2.77. The van der Waals surface area contributed by atoms with Crippen molar-refractivity contribution in [2.45, 2.75) is 32.0 Å². The standard InChI is InChI=1S/C21H23ClN4O2S/c1-14(2)11-12-26-18-10-6-5-9-17(18)23-21(26)29-13-19(27)24-25-20(28)15-7-3-4-8-16(15)22/h3-10,14H,11-13H2,1-2H3,(H,24,27)(H,25,28). The lowest BCUT2D eigenvalue weighted by molar-refractivity contribution is -0.119. The van der Waals surface area contributed by atoms with E-state index in [1.54, 1.807) is 24.3 Å². The number of aryl methyl sites for hydroxylation is 1. The molecule has 2 N–H and O–H groups in total. The van der Waals surface area contributed by atoms with Gasteiger partial charge in [-0.3, -0.25) is 20.4 Å². The van der Waals surface area contributed by atoms with Crippen LogP contribution >= 0.6 is 23.4 Å². The third-order valence-electron chi connectivity index (χ3n) is 4.32. The van der Waals surface area contributed by atoms with Crippen LogP contribution in [0.15, 0.2) is 53.7 Å². The minimum absolute atomic E-state index is 0.133. The molecule has 6 nitrogen and oxygen atoms in total. The second-order valence-corrected chi connectivity index (χ2v) is 8.34. The highest BCUT2D eigenvalue weighted by atomic mass is 35.5. The molecule has 2 aromatic carbocycles. The molecule has 0 aliphatic carbocycles. The Bertz CT molecular complexity index is 1020. The number of benzene rings is 2. The van der Waals surface area contributed by atoms with Gasteiger partial charge in [0.2, 0.25) is 5.91 Å². The van der Waals surface area contributed by atoms with E-state index in [9.17, 15) is 9.59 Å². The fourth-order valence-corrected chi connectivity index (χ4v) is 3.83. The number of aromatic nitrogens is 2. The predicted molar refractivity (Wildman–Crippen MR) is 117 cm³/mol. The third kappa shape index (κ3) is 5.52. The van der Waals surface area contributed by atoms with E-state index in [-0.39, 0.29) is 11.7 Å². The van der Waals surface area contributed by atoms with Crippen LogP contribution in [0.4, 0.5) is 0 Å². The van der Waals surface area contributed by atoms with E-state index < -0.39 is 5.91 Å². The number of thioether (sulfide) groups is 1. The van der Waals surface area contributed by atoms with Gasteiger partial charge < -0.3 is 4.57 Å². The Balaban J connectivity index is 1.61. The molecule has 0 aliphatic rings. The molecule has 0 saturated heterocycles. The molecule has 0 bridgehead atoms. The van der Waals surface area contributed by atoms with Crippen LogP contribution in [0.5, 0.6) is 0 Å². The number of para-hydroxylation sites is 2. The molecule has 0 aliphatic heterocycles. The Labute approximate surface area is 179 Å². The third-order valence-corrected chi connectivity index (χ3v) is 5.62. The number of carbonyl (C=O) groups is 2. The molecule has 0 unspecified atom stereocenters. The van der Waals surface area contributed by atoms with Crippen molar-refractivity contribution in [2.24, 2.45) is 5.92 Å². The van der Waals surface area contributed by atoms with Gasteiger partial charge in [-0.05, 0) is 36.6 Å². The average Bonchev–Trinajstić information content (AvgIpc) is 3.06. The van der Waals surface area contributed by atoms with E-state index >= 15 is 0 Å². The van der Waals surface area contributed by atoms with Crippen molar-refractivity contribution < 1.29 is 9.59 Å². The van der Waals surface area contributed by atoms with Crippen molar-refractivity contribution in [3.8, 4) is 0 Å². The summed E-state index contributed by atoms with van der Waals surface area (Å²) in [5.74, 6) is -0.0818. The van der Waals surface area contributed by atoms with E-state index in [4.69, 9.17) is 11.6 Å². The molecule has 8 heteroatoms. The number of nitrogens with zero attached hydrogens (tertiary/aromatic N) is 2. The number of nitrogens with one attached hydrogen (secondary N) is 2. The Hall–Kier alpha value is -2.51. The highest BCUT2D eigenvalue weighted by Crippen LogP contribution is 2.25. The first kappa shape index (κ1) is 21.2. The predicted octanol–water partition coefficient (Wildman–Crippen LogP) is 4.29. The summed E-state index contributed by atoms with van der Waals surface area (Å²) in [5, 5.41) is 1.12. The number of hydrogen-bond donors (Lipinski definition) is 2. The van der Waals surface area contributed by atoms with Gasteiger partial charge in [0, 0.05) is 6.54 Å². The zero-order chi connectivity index (χ0) is 20.8. The van der Waals surface area contributed by atoms with Crippen LogP contribution in [0.2, 0.25) is 5.02 Å². The van der Waals surface area contributed by atoms with Crippen LogP contribution in [0.1, 0.15) is 30.6 Å². The van der Waals surface area contributed by atoms with Gasteiger partial charge in [0.15, 0.2) is 5.16 Å². The van der Waals surface area contributed by atoms with Gasteiger partial charge in [-0.15, -0.1) is 0 Å². The molecule has 3 aromatic rings. The van der Waals surface area contributed by atoms with Crippen molar-refractivity contribution in [1.82, 2.24) is 20.4 Å². The molecule has 1 aromatic heterocycles. The molecule has 3 rings (SSSR count). The lowest BCUT2D eigenvalue weighted by Crippen LogP contribution is -2.42. The molecule has 0 radical (unpaired) electrons. The molecule has 152 valence electrons. The van der Waals surface area contributed by atoms with E-state index in [1.165, 1.54) is 11.8 Å². The summed E-state index contributed by atoms with van der Waals surface area (Å²) in [6, 6.07) is 14.6. The summed E-state index contributed by atoms with van der Waals surface area (Å²) in [5.41, 5.74) is 7.09. The highest BCUT2D eigenvalue weighted by Gasteiger charge is 2.14. The van der Waals surface area contributed by atoms with Crippen LogP contribution in [0.3, 0.4) is 0 Å². The maximum Gasteiger partial charge on any atom is 0.271 e. The van der Waals surface area contributed by atoms with Gasteiger partial charge in [0.25, 0.3) is 5.91 Å². The summed E-state index contributed by atoms with van der Waals surface area (Å²) in [7, 11) is 0. The van der Waals surface area contributed by atoms with E-state index in [2.05, 4.69) is 34.3 Å². The molecule has 29 heavy (non-hydrogen) atoms. The van der Waals surface area contributed by atoms with E-state index in [0.29, 0.717) is 16.5 Å². The van der Waals surface area contributed by atoms with E-state index in [1.807, 2.05) is 24.3 Å². The number of hydrazine groups is 1. The average molecular weight is 431 g/mol. The topological polar surface area (TPSA) is 76.0 Å². The molecule has 0 spiro atoms. The molecular weight excluding hydrogens is 408 g/mol. The summed E-state index contributed by atoms with van der Waals surface area (Å²) in [4.78, 5) is 29.0. The summed E-state index contributed by atoms with van der Waals surface area (Å²) >= 11 is 7.34. The minimum Gasteiger partial charge on any atom is -0.319 e. The zero-order valence-corrected chi connectivity index (χ0v) is 17.9. The molecular formula is C21H23ClN4O2S. The SMILES string of the molecule is CC(C)CCn1c(SCC(=O)NNC(=O)c2ccccc2Cl)nc2ccccc21. The second kappa shape index (κ2) is 9.80. The molecule has 0 fully saturated rings. The van der Waals surface area contributed by atoms with Gasteiger partial charge in [-0.1, -0.05) is 61.5 Å². The summed E-state index contributed by atoms with van der Waals surface area (Å²) in [6.07, 6.45) is 1.02. The number of rotatable bonds is 7. The number of halogens is 1. The lowest BCUT2D eigenvalue weighted by Gasteiger charge is -2.11. The van der Waals surface area contributed by atoms with Crippen molar-refractivity contribution in [3.63, 3.8) is 0 Å². The summed E-state index contributed by atoms with van der Waals surface area (Å²) in [6.45, 7) is 5.20. The van der Waals surface area contributed by atoms with Gasteiger partial charge in [-0.2, -0.15) is 0 Å². The van der Waals surface area contributed by atoms with Crippen LogP contribution in [-0.2, 0) is 11.3 Å². The molecule has 2 amide bonds. The number of imidazole rings is 1. The Morgan fingerprint density at radius 1 is 1.10 bits per heavy atom. The molecule has 1 heterocycles. The number of fused-ring (bicyclic) bond motifs is 1. The first-order chi connectivity index (χ1) is 14.0. The van der Waals surface area contributed by atoms with Crippen LogP contribution < -0.4 is 10.9 Å². The van der Waals surface area contributed by atoms with Gasteiger partial charge in [0.1, 0.15) is 0 Å². The smallest absolute Gasteiger partial charge is 0.271 e. The van der Waals surface area contributed by atoms with E-state index in [0.717, 1.165) is 29.2 Å². The van der Waals surface area contributed by atoms with Gasteiger partial charge >= 0.3 is 0 Å². The van der Waals surface area contributed by atoms with Crippen molar-refractivity contribution in [1.29, 1.82) is 0 Å². The maximum atomic E-state index is 12.2. The monoisotopic (exact) mass is 430 g/mol. The van der Waals surface area contributed by atoms with Gasteiger partial charge in [0.05, 0.1) is 27.4 Å². The Morgan fingerprint density at radius 2 is 1.83 bits per heavy atom. The van der Waals surface area contributed by atoms with Crippen LogP contribution in [-0.4, -0.2) is 27.1 Å². The fraction of sp³-hybridized carbons (Fsp3) is 0.286. The second-order valence-electron chi connectivity index (χ2n) is 6.99. The quantitative estimate of drug-likeness (QED) is 0.433. The normalized spacial score (nSPS) is 11.0. The Kier molecular flexibility index (Phi) is 7.17. The zero-order valence-electron chi connectivity index (χ0n) is 16.3. The first-order valence-corrected chi connectivity index (χ1v) is 10.7. The number of hydrogen-bond acceptors (Lipinski definition) is 4. The molecule has 0 saturated carbocycles. The van der Waals surface area contributed by atoms with Crippen molar-refractivity contribution in [3.05, 3.63) is 59.1 Å². The maximum absolute atomic E-state index is 12.2. The van der Waals surface area contributed by atoms with Crippen LogP contribution in [0.25, 0.3) is 11.0 Å². The largest absolute Gasteiger partial charge is 0.319 e. The van der Waals surface area contributed by atoms with Crippen molar-refractivity contribution >= 4 is 46.2 Å². The number of amides is 2. The first-order valence-electron chi connectivity index (χ1n) is 9.37. The number of carbonyl (C=O) groups excluding carboxylic acids is 2.